The Morgan fingerprint density at radius 1 is 1.14 bits per heavy atom. The maximum absolute atomic E-state index is 12.2. The number of hydrogen-bond donors (Lipinski definition) is 2. The van der Waals surface area contributed by atoms with Crippen molar-refractivity contribution in [3.63, 3.8) is 0 Å². The van der Waals surface area contributed by atoms with Gasteiger partial charge in [-0.1, -0.05) is 12.1 Å². The van der Waals surface area contributed by atoms with Gasteiger partial charge in [-0.15, -0.1) is 23.1 Å². The van der Waals surface area contributed by atoms with E-state index >= 15 is 0 Å². The zero-order valence-electron chi connectivity index (χ0n) is 11.8. The van der Waals surface area contributed by atoms with E-state index in [0.29, 0.717) is 11.4 Å². The predicted molar refractivity (Wildman–Crippen MR) is 89.0 cm³/mol. The summed E-state index contributed by atoms with van der Waals surface area (Å²) in [5.74, 6) is -0.200. The topological polar surface area (TPSA) is 58.2 Å². The minimum absolute atomic E-state index is 0.0617. The van der Waals surface area contributed by atoms with Gasteiger partial charge in [0, 0.05) is 18.3 Å². The first-order chi connectivity index (χ1) is 10.0. The average Bonchev–Trinajstić information content (AvgIpc) is 2.91. The first-order valence-electron chi connectivity index (χ1n) is 6.43. The summed E-state index contributed by atoms with van der Waals surface area (Å²) in [6.07, 6.45) is 0. The van der Waals surface area contributed by atoms with E-state index in [1.54, 1.807) is 35.6 Å². The van der Waals surface area contributed by atoms with Crippen LogP contribution in [0.4, 0.5) is 11.4 Å². The molecule has 0 aliphatic carbocycles. The van der Waals surface area contributed by atoms with Gasteiger partial charge in [-0.2, -0.15) is 0 Å². The number of anilines is 2. The first kappa shape index (κ1) is 15.6. The Morgan fingerprint density at radius 3 is 2.48 bits per heavy atom. The Labute approximate surface area is 131 Å². The molecular weight excluding hydrogens is 304 g/mol. The number of carbonyl (C=O) groups excluding carboxylic acids is 2. The quantitative estimate of drug-likeness (QED) is 0.823. The number of benzene rings is 1. The third-order valence-electron chi connectivity index (χ3n) is 2.61. The minimum Gasteiger partial charge on any atom is -0.326 e. The standard InChI is InChI=1S/C15H16N2O2S2/c1-10(21-14-7-4-8-20-14)15(19)17-13-6-3-5-12(9-13)16-11(2)18/h3-10H,1-2H3,(H,16,18)(H,17,19)/t10-/m1/s1. The average molecular weight is 320 g/mol. The molecule has 21 heavy (non-hydrogen) atoms. The van der Waals surface area contributed by atoms with Crippen molar-refractivity contribution in [1.82, 2.24) is 0 Å². The van der Waals surface area contributed by atoms with Crippen molar-refractivity contribution in [1.29, 1.82) is 0 Å². The van der Waals surface area contributed by atoms with Crippen LogP contribution in [-0.2, 0) is 9.59 Å². The number of carbonyl (C=O) groups is 2. The second-order valence-electron chi connectivity index (χ2n) is 4.44. The van der Waals surface area contributed by atoms with Gasteiger partial charge < -0.3 is 10.6 Å². The molecule has 0 spiro atoms. The van der Waals surface area contributed by atoms with Gasteiger partial charge in [0.15, 0.2) is 0 Å². The van der Waals surface area contributed by atoms with Gasteiger partial charge in [-0.25, -0.2) is 0 Å². The molecule has 2 N–H and O–H groups in total. The monoisotopic (exact) mass is 320 g/mol. The lowest BCUT2D eigenvalue weighted by molar-refractivity contribution is -0.115. The molecular formula is C15H16N2O2S2. The molecule has 1 aromatic heterocycles. The maximum Gasteiger partial charge on any atom is 0.237 e. The molecule has 0 unspecified atom stereocenters. The predicted octanol–water partition coefficient (Wildman–Crippen LogP) is 3.83. The largest absolute Gasteiger partial charge is 0.326 e. The lowest BCUT2D eigenvalue weighted by Gasteiger charge is -2.12. The highest BCUT2D eigenvalue weighted by molar-refractivity contribution is 8.02. The van der Waals surface area contributed by atoms with Crippen molar-refractivity contribution in [2.24, 2.45) is 0 Å². The number of thioether (sulfide) groups is 1. The molecule has 0 saturated carbocycles. The van der Waals surface area contributed by atoms with E-state index in [0.717, 1.165) is 4.21 Å². The molecule has 0 fully saturated rings. The number of nitrogens with one attached hydrogen (secondary N) is 2. The van der Waals surface area contributed by atoms with Crippen LogP contribution in [0.15, 0.2) is 46.0 Å². The zero-order chi connectivity index (χ0) is 15.2. The maximum atomic E-state index is 12.2. The Balaban J connectivity index is 1.97. The molecule has 2 rings (SSSR count). The molecule has 110 valence electrons. The SMILES string of the molecule is CC(=O)Nc1cccc(NC(=O)[C@@H](C)Sc2cccs2)c1. The third kappa shape index (κ3) is 4.91. The number of amides is 2. The Hall–Kier alpha value is -1.79. The fraction of sp³-hybridized carbons (Fsp3) is 0.200. The fourth-order valence-electron chi connectivity index (χ4n) is 1.68. The van der Waals surface area contributed by atoms with Crippen molar-refractivity contribution in [3.8, 4) is 0 Å². The number of hydrogen-bond acceptors (Lipinski definition) is 4. The van der Waals surface area contributed by atoms with Gasteiger partial charge in [0.25, 0.3) is 0 Å². The minimum atomic E-state index is -0.187. The van der Waals surface area contributed by atoms with Crippen molar-refractivity contribution in [2.75, 3.05) is 10.6 Å². The van der Waals surface area contributed by atoms with Crippen LogP contribution < -0.4 is 10.6 Å². The van der Waals surface area contributed by atoms with Crippen LogP contribution in [0.1, 0.15) is 13.8 Å². The molecule has 0 aliphatic rings. The summed E-state index contributed by atoms with van der Waals surface area (Å²) in [5.41, 5.74) is 1.34. The van der Waals surface area contributed by atoms with Crippen LogP contribution in [0.2, 0.25) is 0 Å². The molecule has 2 aromatic rings. The normalized spacial score (nSPS) is 11.7. The van der Waals surface area contributed by atoms with Crippen molar-refractivity contribution in [3.05, 3.63) is 41.8 Å². The van der Waals surface area contributed by atoms with Gasteiger partial charge in [-0.3, -0.25) is 9.59 Å². The van der Waals surface area contributed by atoms with Crippen LogP contribution in [-0.4, -0.2) is 17.1 Å². The smallest absolute Gasteiger partial charge is 0.237 e. The molecule has 4 nitrogen and oxygen atoms in total. The van der Waals surface area contributed by atoms with E-state index in [1.807, 2.05) is 24.4 Å². The summed E-state index contributed by atoms with van der Waals surface area (Å²) in [4.78, 5) is 23.2. The van der Waals surface area contributed by atoms with Crippen LogP contribution in [0.25, 0.3) is 0 Å². The summed E-state index contributed by atoms with van der Waals surface area (Å²) >= 11 is 3.15. The highest BCUT2D eigenvalue weighted by Crippen LogP contribution is 2.28. The van der Waals surface area contributed by atoms with Crippen LogP contribution in [0.5, 0.6) is 0 Å². The van der Waals surface area contributed by atoms with Gasteiger partial charge >= 0.3 is 0 Å². The summed E-state index contributed by atoms with van der Waals surface area (Å²) in [5, 5.41) is 7.35. The summed E-state index contributed by atoms with van der Waals surface area (Å²) in [6.45, 7) is 3.32. The first-order valence-corrected chi connectivity index (χ1v) is 8.19. The van der Waals surface area contributed by atoms with Gasteiger partial charge in [0.1, 0.15) is 0 Å². The van der Waals surface area contributed by atoms with Gasteiger partial charge in [0.2, 0.25) is 11.8 Å². The lowest BCUT2D eigenvalue weighted by atomic mass is 10.2. The molecule has 0 aliphatic heterocycles. The van der Waals surface area contributed by atoms with Gasteiger partial charge in [-0.05, 0) is 36.6 Å². The fourth-order valence-corrected chi connectivity index (χ4v) is 3.62. The van der Waals surface area contributed by atoms with E-state index in [1.165, 1.54) is 18.7 Å². The van der Waals surface area contributed by atoms with Crippen molar-refractivity contribution < 1.29 is 9.59 Å². The van der Waals surface area contributed by atoms with Crippen LogP contribution in [0.3, 0.4) is 0 Å². The molecule has 1 heterocycles. The molecule has 2 amide bonds. The molecule has 0 radical (unpaired) electrons. The molecule has 1 aromatic carbocycles. The Morgan fingerprint density at radius 2 is 1.86 bits per heavy atom. The number of thiophene rings is 1. The zero-order valence-corrected chi connectivity index (χ0v) is 13.4. The molecule has 6 heteroatoms. The lowest BCUT2D eigenvalue weighted by Crippen LogP contribution is -2.22. The van der Waals surface area contributed by atoms with E-state index in [4.69, 9.17) is 0 Å². The number of rotatable bonds is 5. The van der Waals surface area contributed by atoms with Crippen molar-refractivity contribution >= 4 is 46.3 Å². The van der Waals surface area contributed by atoms with E-state index in [-0.39, 0.29) is 17.1 Å². The third-order valence-corrected chi connectivity index (χ3v) is 4.78. The van der Waals surface area contributed by atoms with Gasteiger partial charge in [0.05, 0.1) is 9.46 Å². The Kier molecular flexibility index (Phi) is 5.41. The van der Waals surface area contributed by atoms with Crippen LogP contribution >= 0.6 is 23.1 Å². The van der Waals surface area contributed by atoms with Crippen LogP contribution in [0, 0.1) is 0 Å². The van der Waals surface area contributed by atoms with Crippen molar-refractivity contribution in [2.45, 2.75) is 23.3 Å². The molecule has 1 atom stereocenters. The highest BCUT2D eigenvalue weighted by atomic mass is 32.2. The van der Waals surface area contributed by atoms with E-state index in [9.17, 15) is 9.59 Å². The Bertz CT molecular complexity index is 626. The van der Waals surface area contributed by atoms with E-state index in [2.05, 4.69) is 10.6 Å². The second kappa shape index (κ2) is 7.28. The summed E-state index contributed by atoms with van der Waals surface area (Å²) in [7, 11) is 0. The molecule has 0 saturated heterocycles. The summed E-state index contributed by atoms with van der Waals surface area (Å²) < 4.78 is 1.12. The second-order valence-corrected chi connectivity index (χ2v) is 7.03. The molecule has 0 bridgehead atoms. The highest BCUT2D eigenvalue weighted by Gasteiger charge is 2.15. The van der Waals surface area contributed by atoms with E-state index < -0.39 is 0 Å². The summed E-state index contributed by atoms with van der Waals surface area (Å²) in [6, 6.07) is 11.1.